The number of amidine groups is 2. The molecule has 1 aromatic carbocycles. The molecule has 4 heterocycles. The maximum atomic E-state index is 12.8. The van der Waals surface area contributed by atoms with Crippen molar-refractivity contribution in [1.82, 2.24) is 14.5 Å². The number of carbonyl (C=O) groups excluding carboxylic acids is 2. The molecule has 10 heteroatoms. The maximum Gasteiger partial charge on any atom is 0.283 e. The minimum absolute atomic E-state index is 0.0134. The second-order valence-corrected chi connectivity index (χ2v) is 9.50. The van der Waals surface area contributed by atoms with Gasteiger partial charge in [0.05, 0.1) is 12.0 Å². The number of aliphatic imine (C=N–C) groups is 1. The minimum atomic E-state index is -0.500. The van der Waals surface area contributed by atoms with Gasteiger partial charge in [0.2, 0.25) is 11.1 Å². The fourth-order valence-electron chi connectivity index (χ4n) is 4.40. The smallest absolute Gasteiger partial charge is 0.283 e. The largest absolute Gasteiger partial charge is 0.508 e. The summed E-state index contributed by atoms with van der Waals surface area (Å²) in [5.41, 5.74) is 3.66. The van der Waals surface area contributed by atoms with E-state index in [9.17, 15) is 14.7 Å². The first kappa shape index (κ1) is 22.1. The number of amides is 2. The Balaban J connectivity index is 1.41. The van der Waals surface area contributed by atoms with Gasteiger partial charge in [-0.25, -0.2) is 0 Å². The number of fused-ring (bicyclic) bond motifs is 1. The van der Waals surface area contributed by atoms with E-state index in [1.165, 1.54) is 16.8 Å². The van der Waals surface area contributed by atoms with Gasteiger partial charge >= 0.3 is 0 Å². The second kappa shape index (κ2) is 8.60. The molecule has 1 aromatic heterocycles. The van der Waals surface area contributed by atoms with E-state index in [2.05, 4.69) is 10.1 Å². The van der Waals surface area contributed by atoms with Crippen LogP contribution in [0.1, 0.15) is 36.2 Å². The molecule has 0 bridgehead atoms. The van der Waals surface area contributed by atoms with Crippen molar-refractivity contribution < 1.29 is 14.7 Å². The second-order valence-electron chi connectivity index (χ2n) is 8.46. The summed E-state index contributed by atoms with van der Waals surface area (Å²) in [4.78, 5) is 31.3. The number of likely N-dealkylation sites (tertiary alicyclic amines) is 1. The van der Waals surface area contributed by atoms with Crippen LogP contribution in [-0.2, 0) is 9.59 Å². The van der Waals surface area contributed by atoms with Gasteiger partial charge in [-0.3, -0.25) is 15.0 Å². The molecule has 0 saturated carbocycles. The fourth-order valence-corrected chi connectivity index (χ4v) is 5.28. The number of hydrazone groups is 1. The van der Waals surface area contributed by atoms with Gasteiger partial charge in [0.15, 0.2) is 5.84 Å². The zero-order valence-electron chi connectivity index (χ0n) is 18.9. The molecular formula is C24H24N6O3S. The highest BCUT2D eigenvalue weighted by atomic mass is 32.2. The van der Waals surface area contributed by atoms with E-state index < -0.39 is 5.91 Å². The lowest BCUT2D eigenvalue weighted by Crippen LogP contribution is -2.35. The molecule has 3 aliphatic heterocycles. The van der Waals surface area contributed by atoms with Crippen molar-refractivity contribution in [3.63, 3.8) is 0 Å². The number of phenols is 1. The quantitative estimate of drug-likeness (QED) is 0.656. The van der Waals surface area contributed by atoms with E-state index in [0.717, 1.165) is 48.6 Å². The molecule has 5 rings (SSSR count). The summed E-state index contributed by atoms with van der Waals surface area (Å²) in [6.45, 7) is 5.43. The van der Waals surface area contributed by atoms with Crippen LogP contribution in [0.4, 0.5) is 0 Å². The van der Waals surface area contributed by atoms with E-state index in [1.807, 2.05) is 41.5 Å². The summed E-state index contributed by atoms with van der Waals surface area (Å²) < 4.78 is 2.02. The van der Waals surface area contributed by atoms with Crippen LogP contribution < -0.4 is 0 Å². The zero-order chi connectivity index (χ0) is 24.0. The predicted molar refractivity (Wildman–Crippen MR) is 132 cm³/mol. The molecule has 2 N–H and O–H groups in total. The van der Waals surface area contributed by atoms with Gasteiger partial charge < -0.3 is 14.6 Å². The summed E-state index contributed by atoms with van der Waals surface area (Å²) in [5.74, 6) is -0.352. The first-order chi connectivity index (χ1) is 16.3. The van der Waals surface area contributed by atoms with Gasteiger partial charge in [-0.15, -0.1) is 0 Å². The number of nitrogens with one attached hydrogen (secondary N) is 1. The van der Waals surface area contributed by atoms with Gasteiger partial charge in [-0.2, -0.15) is 15.1 Å². The minimum Gasteiger partial charge on any atom is -0.508 e. The molecular weight excluding hydrogens is 452 g/mol. The Hall–Kier alpha value is -3.66. The van der Waals surface area contributed by atoms with Crippen LogP contribution in [-0.4, -0.2) is 60.5 Å². The van der Waals surface area contributed by atoms with Crippen molar-refractivity contribution in [2.45, 2.75) is 33.1 Å². The molecule has 3 aliphatic rings. The van der Waals surface area contributed by atoms with Crippen molar-refractivity contribution in [3.05, 3.63) is 52.9 Å². The summed E-state index contributed by atoms with van der Waals surface area (Å²) in [5, 5.41) is 24.8. The molecule has 1 fully saturated rings. The fraction of sp³-hybridized carbons (Fsp3) is 0.292. The number of hydrogen-bond donors (Lipinski definition) is 2. The first-order valence-electron chi connectivity index (χ1n) is 11.1. The summed E-state index contributed by atoms with van der Waals surface area (Å²) in [7, 11) is 0. The summed E-state index contributed by atoms with van der Waals surface area (Å²) >= 11 is 1.17. The van der Waals surface area contributed by atoms with Crippen LogP contribution in [0, 0.1) is 19.3 Å². The molecule has 174 valence electrons. The Morgan fingerprint density at radius 2 is 1.91 bits per heavy atom. The van der Waals surface area contributed by atoms with Crippen LogP contribution in [0.15, 0.2) is 46.0 Å². The maximum absolute atomic E-state index is 12.8. The van der Waals surface area contributed by atoms with E-state index in [-0.39, 0.29) is 29.5 Å². The van der Waals surface area contributed by atoms with Crippen molar-refractivity contribution in [2.24, 2.45) is 10.1 Å². The number of nitrogens with zero attached hydrogens (tertiary/aromatic N) is 5. The van der Waals surface area contributed by atoms with Crippen LogP contribution in [0.5, 0.6) is 5.75 Å². The average molecular weight is 477 g/mol. The molecule has 0 spiro atoms. The van der Waals surface area contributed by atoms with Crippen LogP contribution >= 0.6 is 11.8 Å². The summed E-state index contributed by atoms with van der Waals surface area (Å²) in [6.07, 6.45) is 3.85. The molecule has 0 atom stereocenters. The normalized spacial score (nSPS) is 19.1. The third-order valence-corrected chi connectivity index (χ3v) is 7.04. The van der Waals surface area contributed by atoms with Crippen molar-refractivity contribution in [2.75, 3.05) is 13.1 Å². The molecule has 2 aromatic rings. The standard InChI is InChI=1S/C24H24N6O3S/c1-14-11-16(15(2)29(14)17-5-7-18(31)8-6-17)12-19-22(25)30-24(26-23(19)33)34-20(27-30)13-21(32)28-9-3-4-10-28/h5-8,11-12,25,31H,3-4,9-10,13H2,1-2H3. The third-order valence-electron chi connectivity index (χ3n) is 6.14. The monoisotopic (exact) mass is 476 g/mol. The van der Waals surface area contributed by atoms with Gasteiger partial charge in [0.25, 0.3) is 5.91 Å². The van der Waals surface area contributed by atoms with Crippen LogP contribution in [0.2, 0.25) is 0 Å². The molecule has 0 aliphatic carbocycles. The Morgan fingerprint density at radius 1 is 1.21 bits per heavy atom. The lowest BCUT2D eigenvalue weighted by molar-refractivity contribution is -0.128. The number of aromatic hydroxyl groups is 1. The molecule has 2 amide bonds. The van der Waals surface area contributed by atoms with E-state index in [0.29, 0.717) is 10.2 Å². The number of hydrogen-bond acceptors (Lipinski definition) is 6. The topological polar surface area (TPSA) is 114 Å². The molecule has 1 saturated heterocycles. The lowest BCUT2D eigenvalue weighted by Gasteiger charge is -2.20. The van der Waals surface area contributed by atoms with E-state index in [1.54, 1.807) is 18.2 Å². The van der Waals surface area contributed by atoms with Gasteiger partial charge in [0.1, 0.15) is 10.8 Å². The van der Waals surface area contributed by atoms with E-state index >= 15 is 0 Å². The number of phenolic OH excluding ortho intramolecular Hbond substituents is 1. The zero-order valence-corrected chi connectivity index (χ0v) is 19.7. The Labute approximate surface area is 201 Å². The van der Waals surface area contributed by atoms with Crippen LogP contribution in [0.3, 0.4) is 0 Å². The van der Waals surface area contributed by atoms with Gasteiger partial charge in [-0.1, -0.05) is 0 Å². The van der Waals surface area contributed by atoms with Crippen LogP contribution in [0.25, 0.3) is 11.8 Å². The number of thioether (sulfide) groups is 1. The van der Waals surface area contributed by atoms with Crippen molar-refractivity contribution in [1.29, 1.82) is 5.41 Å². The first-order valence-corrected chi connectivity index (χ1v) is 11.9. The third kappa shape index (κ3) is 3.94. The number of aromatic nitrogens is 1. The predicted octanol–water partition coefficient (Wildman–Crippen LogP) is 3.43. The van der Waals surface area contributed by atoms with Gasteiger partial charge in [0, 0.05) is 30.2 Å². The Morgan fingerprint density at radius 3 is 2.62 bits per heavy atom. The van der Waals surface area contributed by atoms with Crippen molar-refractivity contribution in [3.8, 4) is 11.4 Å². The van der Waals surface area contributed by atoms with E-state index in [4.69, 9.17) is 5.41 Å². The van der Waals surface area contributed by atoms with Crippen molar-refractivity contribution >= 4 is 45.7 Å². The lowest BCUT2D eigenvalue weighted by atomic mass is 10.1. The Kier molecular flexibility index (Phi) is 5.60. The average Bonchev–Trinajstić information content (AvgIpc) is 3.52. The summed E-state index contributed by atoms with van der Waals surface area (Å²) in [6, 6.07) is 8.82. The number of aryl methyl sites for hydroxylation is 1. The number of rotatable bonds is 4. The molecule has 34 heavy (non-hydrogen) atoms. The highest BCUT2D eigenvalue weighted by Gasteiger charge is 2.36. The molecule has 0 unspecified atom stereocenters. The number of carbonyl (C=O) groups is 2. The van der Waals surface area contributed by atoms with Gasteiger partial charge in [-0.05, 0) is 80.4 Å². The molecule has 9 nitrogen and oxygen atoms in total. The highest BCUT2D eigenvalue weighted by Crippen LogP contribution is 2.31. The highest BCUT2D eigenvalue weighted by molar-refractivity contribution is 8.27. The Bertz CT molecular complexity index is 1300. The SMILES string of the molecule is Cc1cc(C=C2C(=N)N3N=C(CC(=O)N4CCCC4)SC3=NC2=O)c(C)n1-c1ccc(O)cc1. The molecule has 0 radical (unpaired) electrons. The number of benzene rings is 1.